The van der Waals surface area contributed by atoms with Crippen LogP contribution in [-0.4, -0.2) is 38.1 Å². The van der Waals surface area contributed by atoms with Gasteiger partial charge in [0.25, 0.3) is 0 Å². The van der Waals surface area contributed by atoms with E-state index in [1.54, 1.807) is 0 Å². The highest BCUT2D eigenvalue weighted by Gasteiger charge is 2.19. The molecule has 0 radical (unpaired) electrons. The summed E-state index contributed by atoms with van der Waals surface area (Å²) in [5.74, 6) is 0.242. The Hall–Kier alpha value is -0.830. The van der Waals surface area contributed by atoms with Crippen LogP contribution in [0.4, 0.5) is 0 Å². The van der Waals surface area contributed by atoms with E-state index in [9.17, 15) is 4.79 Å². The van der Waals surface area contributed by atoms with Crippen LogP contribution in [0.3, 0.4) is 0 Å². The first-order chi connectivity index (χ1) is 5.63. The molecule has 1 unspecified atom stereocenters. The lowest BCUT2D eigenvalue weighted by atomic mass is 10.0. The van der Waals surface area contributed by atoms with Crippen LogP contribution in [0.5, 0.6) is 0 Å². The van der Waals surface area contributed by atoms with E-state index in [1.165, 1.54) is 7.11 Å². The molecule has 0 amide bonds. The summed E-state index contributed by atoms with van der Waals surface area (Å²) < 4.78 is 4.65. The minimum absolute atomic E-state index is 0.201. The third kappa shape index (κ3) is 2.08. The fraction of sp³-hybridized carbons (Fsp3) is 0.667. The summed E-state index contributed by atoms with van der Waals surface area (Å²) in [5.41, 5.74) is 0.777. The van der Waals surface area contributed by atoms with E-state index in [4.69, 9.17) is 0 Å². The van der Waals surface area contributed by atoms with Crippen LogP contribution < -0.4 is 0 Å². The van der Waals surface area contributed by atoms with Gasteiger partial charge in [-0.25, -0.2) is 4.79 Å². The zero-order chi connectivity index (χ0) is 9.14. The number of ether oxygens (including phenoxy) is 1. The molecule has 0 aromatic carbocycles. The minimum atomic E-state index is -0.201. The van der Waals surface area contributed by atoms with Gasteiger partial charge in [0.2, 0.25) is 0 Å². The van der Waals surface area contributed by atoms with Crippen molar-refractivity contribution < 1.29 is 9.53 Å². The molecule has 0 saturated carbocycles. The molecule has 3 heteroatoms. The van der Waals surface area contributed by atoms with E-state index in [0.717, 1.165) is 12.1 Å². The van der Waals surface area contributed by atoms with Crippen molar-refractivity contribution in [1.82, 2.24) is 4.90 Å². The van der Waals surface area contributed by atoms with Crippen LogP contribution in [0.1, 0.15) is 6.92 Å². The fourth-order valence-corrected chi connectivity index (χ4v) is 1.56. The molecule has 1 atom stereocenters. The van der Waals surface area contributed by atoms with E-state index in [2.05, 4.69) is 16.6 Å². The topological polar surface area (TPSA) is 29.5 Å². The average molecular weight is 169 g/mol. The Morgan fingerprint density at radius 3 is 2.92 bits per heavy atom. The SMILES string of the molecule is COC(=O)C1=CC(C)CN(C)C1. The zero-order valence-electron chi connectivity index (χ0n) is 7.83. The fourth-order valence-electron chi connectivity index (χ4n) is 1.56. The Kier molecular flexibility index (Phi) is 2.87. The molecule has 1 heterocycles. The van der Waals surface area contributed by atoms with E-state index < -0.39 is 0 Å². The second-order valence-corrected chi connectivity index (χ2v) is 3.36. The Morgan fingerprint density at radius 1 is 1.75 bits per heavy atom. The molecule has 1 aliphatic heterocycles. The number of methoxy groups -OCH3 is 1. The van der Waals surface area contributed by atoms with Gasteiger partial charge in [0.15, 0.2) is 0 Å². The van der Waals surface area contributed by atoms with Crippen molar-refractivity contribution in [2.75, 3.05) is 27.2 Å². The zero-order valence-corrected chi connectivity index (χ0v) is 7.83. The number of likely N-dealkylation sites (N-methyl/N-ethyl adjacent to an activating group) is 1. The quantitative estimate of drug-likeness (QED) is 0.540. The molecule has 0 N–H and O–H groups in total. The van der Waals surface area contributed by atoms with Crippen molar-refractivity contribution in [3.8, 4) is 0 Å². The molecule has 3 nitrogen and oxygen atoms in total. The normalized spacial score (nSPS) is 24.9. The van der Waals surface area contributed by atoms with Crippen molar-refractivity contribution >= 4 is 5.97 Å². The molecule has 68 valence electrons. The van der Waals surface area contributed by atoms with E-state index in [1.807, 2.05) is 13.1 Å². The predicted octanol–water partition coefficient (Wildman–Crippen LogP) is 0.667. The number of carbonyl (C=O) groups is 1. The second kappa shape index (κ2) is 3.72. The number of hydrogen-bond donors (Lipinski definition) is 0. The van der Waals surface area contributed by atoms with Gasteiger partial charge >= 0.3 is 5.97 Å². The van der Waals surface area contributed by atoms with Crippen LogP contribution in [0, 0.1) is 5.92 Å². The van der Waals surface area contributed by atoms with Gasteiger partial charge in [-0.1, -0.05) is 13.0 Å². The van der Waals surface area contributed by atoms with E-state index in [-0.39, 0.29) is 5.97 Å². The maximum atomic E-state index is 11.1. The summed E-state index contributed by atoms with van der Waals surface area (Å²) >= 11 is 0. The third-order valence-corrected chi connectivity index (χ3v) is 1.97. The molecular weight excluding hydrogens is 154 g/mol. The van der Waals surface area contributed by atoms with Gasteiger partial charge in [-0.2, -0.15) is 0 Å². The number of esters is 1. The molecule has 0 aliphatic carbocycles. The first-order valence-electron chi connectivity index (χ1n) is 4.11. The minimum Gasteiger partial charge on any atom is -0.466 e. The maximum Gasteiger partial charge on any atom is 0.334 e. The number of hydrogen-bond acceptors (Lipinski definition) is 3. The van der Waals surface area contributed by atoms with Crippen molar-refractivity contribution in [3.63, 3.8) is 0 Å². The van der Waals surface area contributed by atoms with Crippen molar-refractivity contribution in [2.45, 2.75) is 6.92 Å². The maximum absolute atomic E-state index is 11.1. The molecule has 0 spiro atoms. The highest BCUT2D eigenvalue weighted by molar-refractivity contribution is 5.89. The molecule has 1 rings (SSSR count). The standard InChI is InChI=1S/C9H15NO2/c1-7-4-8(9(11)12-3)6-10(2)5-7/h4,7H,5-6H2,1-3H3. The first-order valence-corrected chi connectivity index (χ1v) is 4.11. The van der Waals surface area contributed by atoms with Gasteiger partial charge in [-0.05, 0) is 13.0 Å². The summed E-state index contributed by atoms with van der Waals surface area (Å²) in [6, 6.07) is 0. The summed E-state index contributed by atoms with van der Waals surface area (Å²) in [4.78, 5) is 13.3. The highest BCUT2D eigenvalue weighted by Crippen LogP contribution is 2.13. The monoisotopic (exact) mass is 169 g/mol. The van der Waals surface area contributed by atoms with Crippen LogP contribution in [0.25, 0.3) is 0 Å². The molecule has 12 heavy (non-hydrogen) atoms. The predicted molar refractivity (Wildman–Crippen MR) is 46.8 cm³/mol. The summed E-state index contributed by atoms with van der Waals surface area (Å²) in [6.07, 6.45) is 1.99. The number of rotatable bonds is 1. The summed E-state index contributed by atoms with van der Waals surface area (Å²) in [7, 11) is 3.43. The van der Waals surface area contributed by atoms with Crippen LogP contribution in [-0.2, 0) is 9.53 Å². The number of carbonyl (C=O) groups excluding carboxylic acids is 1. The molecule has 0 aromatic rings. The Labute approximate surface area is 73.0 Å². The number of nitrogens with zero attached hydrogens (tertiary/aromatic N) is 1. The lowest BCUT2D eigenvalue weighted by molar-refractivity contribution is -0.136. The first kappa shape index (κ1) is 9.26. The Balaban J connectivity index is 2.69. The van der Waals surface area contributed by atoms with Gasteiger partial charge in [0.05, 0.1) is 7.11 Å². The van der Waals surface area contributed by atoms with Gasteiger partial charge in [-0.3, -0.25) is 0 Å². The van der Waals surface area contributed by atoms with Crippen LogP contribution >= 0.6 is 0 Å². The summed E-state index contributed by atoms with van der Waals surface area (Å²) in [5, 5.41) is 0. The molecular formula is C9H15NO2. The van der Waals surface area contributed by atoms with Crippen molar-refractivity contribution in [1.29, 1.82) is 0 Å². The highest BCUT2D eigenvalue weighted by atomic mass is 16.5. The lowest BCUT2D eigenvalue weighted by Crippen LogP contribution is -2.33. The third-order valence-electron chi connectivity index (χ3n) is 1.97. The molecule has 0 saturated heterocycles. The van der Waals surface area contributed by atoms with Crippen molar-refractivity contribution in [3.05, 3.63) is 11.6 Å². The van der Waals surface area contributed by atoms with Crippen LogP contribution in [0.15, 0.2) is 11.6 Å². The Bertz CT molecular complexity index is 211. The van der Waals surface area contributed by atoms with Gasteiger partial charge in [0.1, 0.15) is 0 Å². The van der Waals surface area contributed by atoms with Gasteiger partial charge < -0.3 is 9.64 Å². The van der Waals surface area contributed by atoms with Crippen LogP contribution in [0.2, 0.25) is 0 Å². The van der Waals surface area contributed by atoms with E-state index >= 15 is 0 Å². The molecule has 0 aromatic heterocycles. The van der Waals surface area contributed by atoms with E-state index in [0.29, 0.717) is 12.5 Å². The van der Waals surface area contributed by atoms with Gasteiger partial charge in [0, 0.05) is 18.7 Å². The smallest absolute Gasteiger partial charge is 0.334 e. The lowest BCUT2D eigenvalue weighted by Gasteiger charge is -2.25. The average Bonchev–Trinajstić information content (AvgIpc) is 2.01. The Morgan fingerprint density at radius 2 is 2.42 bits per heavy atom. The van der Waals surface area contributed by atoms with Crippen molar-refractivity contribution in [2.24, 2.45) is 5.92 Å². The molecule has 1 aliphatic rings. The van der Waals surface area contributed by atoms with Gasteiger partial charge in [-0.15, -0.1) is 0 Å². The molecule has 0 fully saturated rings. The molecule has 0 bridgehead atoms. The second-order valence-electron chi connectivity index (χ2n) is 3.36. The largest absolute Gasteiger partial charge is 0.466 e. The summed E-state index contributed by atoms with van der Waals surface area (Å²) in [6.45, 7) is 3.82.